The first-order valence-corrected chi connectivity index (χ1v) is 7.07. The topological polar surface area (TPSA) is 34.2 Å². The third-order valence-electron chi connectivity index (χ3n) is 3.46. The van der Waals surface area contributed by atoms with Crippen LogP contribution < -0.4 is 10.1 Å². The van der Waals surface area contributed by atoms with Crippen LogP contribution in [0.5, 0.6) is 5.88 Å². The fourth-order valence-corrected chi connectivity index (χ4v) is 2.60. The Kier molecular flexibility index (Phi) is 5.00. The highest BCUT2D eigenvalue weighted by molar-refractivity contribution is 5.24. The van der Waals surface area contributed by atoms with Crippen molar-refractivity contribution < 1.29 is 4.74 Å². The Morgan fingerprint density at radius 2 is 1.94 bits per heavy atom. The van der Waals surface area contributed by atoms with Gasteiger partial charge in [-0.1, -0.05) is 12.8 Å². The van der Waals surface area contributed by atoms with Crippen molar-refractivity contribution in [1.82, 2.24) is 10.3 Å². The Balaban J connectivity index is 2.02. The molecule has 0 atom stereocenters. The monoisotopic (exact) mass is 248 g/mol. The Labute approximate surface area is 110 Å². The Hall–Kier alpha value is -1.09. The van der Waals surface area contributed by atoms with Gasteiger partial charge in [0.05, 0.1) is 0 Å². The van der Waals surface area contributed by atoms with Crippen molar-refractivity contribution in [2.45, 2.75) is 58.1 Å². The number of nitrogens with zero attached hydrogens (tertiary/aromatic N) is 1. The standard InChI is InChI=1S/C15H24N2O/c1-12-9-13(11-16-2)10-15(17-12)18-14-7-5-3-4-6-8-14/h9-10,14,16H,3-8,11H2,1-2H3. The van der Waals surface area contributed by atoms with E-state index >= 15 is 0 Å². The molecule has 0 aromatic carbocycles. The normalized spacial score (nSPS) is 17.4. The second-order valence-corrected chi connectivity index (χ2v) is 5.22. The lowest BCUT2D eigenvalue weighted by Gasteiger charge is -2.17. The number of hydrogen-bond acceptors (Lipinski definition) is 3. The SMILES string of the molecule is CNCc1cc(C)nc(OC2CCCCCC2)c1. The van der Waals surface area contributed by atoms with E-state index in [1.54, 1.807) is 0 Å². The first-order valence-electron chi connectivity index (χ1n) is 7.07. The number of pyridine rings is 1. The van der Waals surface area contributed by atoms with E-state index in [0.717, 1.165) is 18.1 Å². The van der Waals surface area contributed by atoms with E-state index in [9.17, 15) is 0 Å². The van der Waals surface area contributed by atoms with Crippen LogP contribution in [0.3, 0.4) is 0 Å². The number of aromatic nitrogens is 1. The molecule has 3 heteroatoms. The lowest BCUT2D eigenvalue weighted by molar-refractivity contribution is 0.176. The van der Waals surface area contributed by atoms with Crippen molar-refractivity contribution in [2.75, 3.05) is 7.05 Å². The van der Waals surface area contributed by atoms with Crippen LogP contribution in [0.2, 0.25) is 0 Å². The quantitative estimate of drug-likeness (QED) is 0.831. The largest absolute Gasteiger partial charge is 0.474 e. The average molecular weight is 248 g/mol. The highest BCUT2D eigenvalue weighted by atomic mass is 16.5. The predicted octanol–water partition coefficient (Wildman–Crippen LogP) is 3.21. The third kappa shape index (κ3) is 3.98. The average Bonchev–Trinajstić information content (AvgIpc) is 2.57. The maximum Gasteiger partial charge on any atom is 0.214 e. The summed E-state index contributed by atoms with van der Waals surface area (Å²) < 4.78 is 6.06. The fourth-order valence-electron chi connectivity index (χ4n) is 2.60. The van der Waals surface area contributed by atoms with Crippen LogP contribution in [0.15, 0.2) is 12.1 Å². The van der Waals surface area contributed by atoms with Gasteiger partial charge in [0.15, 0.2) is 0 Å². The summed E-state index contributed by atoms with van der Waals surface area (Å²) in [5.74, 6) is 0.798. The summed E-state index contributed by atoms with van der Waals surface area (Å²) in [6.45, 7) is 2.89. The second kappa shape index (κ2) is 6.74. The Morgan fingerprint density at radius 1 is 1.22 bits per heavy atom. The fraction of sp³-hybridized carbons (Fsp3) is 0.667. The summed E-state index contributed by atoms with van der Waals surface area (Å²) in [5.41, 5.74) is 2.28. The van der Waals surface area contributed by atoms with E-state index in [1.807, 2.05) is 14.0 Å². The number of hydrogen-bond donors (Lipinski definition) is 1. The number of aryl methyl sites for hydroxylation is 1. The molecule has 0 amide bonds. The Morgan fingerprint density at radius 3 is 2.61 bits per heavy atom. The molecule has 1 fully saturated rings. The molecule has 3 nitrogen and oxygen atoms in total. The van der Waals surface area contributed by atoms with E-state index in [2.05, 4.69) is 22.4 Å². The summed E-state index contributed by atoms with van der Waals surface area (Å²) >= 11 is 0. The maximum atomic E-state index is 6.06. The molecule has 1 saturated carbocycles. The molecule has 1 aliphatic carbocycles. The maximum absolute atomic E-state index is 6.06. The highest BCUT2D eigenvalue weighted by Gasteiger charge is 2.14. The molecule has 1 heterocycles. The molecule has 0 aliphatic heterocycles. The van der Waals surface area contributed by atoms with Gasteiger partial charge in [0.1, 0.15) is 6.10 Å². The van der Waals surface area contributed by atoms with Crippen molar-refractivity contribution in [3.05, 3.63) is 23.4 Å². The molecule has 1 aliphatic rings. The van der Waals surface area contributed by atoms with E-state index < -0.39 is 0 Å². The predicted molar refractivity (Wildman–Crippen MR) is 73.9 cm³/mol. The minimum Gasteiger partial charge on any atom is -0.474 e. The van der Waals surface area contributed by atoms with E-state index in [4.69, 9.17) is 4.74 Å². The van der Waals surface area contributed by atoms with Gasteiger partial charge in [0, 0.05) is 18.3 Å². The minimum absolute atomic E-state index is 0.365. The number of nitrogens with one attached hydrogen (secondary N) is 1. The molecule has 1 aromatic heterocycles. The molecular weight excluding hydrogens is 224 g/mol. The molecule has 0 bridgehead atoms. The van der Waals surface area contributed by atoms with Crippen LogP contribution in [0.4, 0.5) is 0 Å². The van der Waals surface area contributed by atoms with Crippen LogP contribution in [0.25, 0.3) is 0 Å². The van der Waals surface area contributed by atoms with Crippen LogP contribution in [0, 0.1) is 6.92 Å². The van der Waals surface area contributed by atoms with Crippen LogP contribution in [0.1, 0.15) is 49.8 Å². The van der Waals surface area contributed by atoms with Gasteiger partial charge < -0.3 is 10.1 Å². The highest BCUT2D eigenvalue weighted by Crippen LogP contribution is 2.22. The van der Waals surface area contributed by atoms with Crippen molar-refractivity contribution >= 4 is 0 Å². The zero-order valence-corrected chi connectivity index (χ0v) is 11.5. The van der Waals surface area contributed by atoms with Crippen molar-refractivity contribution in [3.63, 3.8) is 0 Å². The van der Waals surface area contributed by atoms with Gasteiger partial charge in [-0.2, -0.15) is 0 Å². The van der Waals surface area contributed by atoms with Gasteiger partial charge in [-0.15, -0.1) is 0 Å². The zero-order chi connectivity index (χ0) is 12.8. The van der Waals surface area contributed by atoms with Gasteiger partial charge in [-0.05, 0) is 51.3 Å². The summed E-state index contributed by atoms with van der Waals surface area (Å²) in [6.07, 6.45) is 8.01. The summed E-state index contributed by atoms with van der Waals surface area (Å²) in [7, 11) is 1.96. The summed E-state index contributed by atoms with van der Waals surface area (Å²) in [5, 5.41) is 3.17. The molecule has 0 spiro atoms. The first kappa shape index (κ1) is 13.3. The van der Waals surface area contributed by atoms with Crippen molar-refractivity contribution in [1.29, 1.82) is 0 Å². The van der Waals surface area contributed by atoms with Crippen LogP contribution >= 0.6 is 0 Å². The molecule has 100 valence electrons. The smallest absolute Gasteiger partial charge is 0.214 e. The lowest BCUT2D eigenvalue weighted by atomic mass is 10.1. The molecular formula is C15H24N2O. The molecule has 18 heavy (non-hydrogen) atoms. The van der Waals surface area contributed by atoms with Crippen LogP contribution in [-0.2, 0) is 6.54 Å². The van der Waals surface area contributed by atoms with Gasteiger partial charge in [-0.3, -0.25) is 0 Å². The second-order valence-electron chi connectivity index (χ2n) is 5.22. The molecule has 0 saturated heterocycles. The van der Waals surface area contributed by atoms with E-state index in [-0.39, 0.29) is 0 Å². The van der Waals surface area contributed by atoms with Gasteiger partial charge >= 0.3 is 0 Å². The van der Waals surface area contributed by atoms with Crippen molar-refractivity contribution in [3.8, 4) is 5.88 Å². The van der Waals surface area contributed by atoms with Crippen LogP contribution in [-0.4, -0.2) is 18.1 Å². The Bertz CT molecular complexity index is 371. The molecule has 1 N–H and O–H groups in total. The molecule has 2 rings (SSSR count). The third-order valence-corrected chi connectivity index (χ3v) is 3.46. The molecule has 1 aromatic rings. The van der Waals surface area contributed by atoms with E-state index in [1.165, 1.54) is 44.1 Å². The van der Waals surface area contributed by atoms with Crippen molar-refractivity contribution in [2.24, 2.45) is 0 Å². The molecule has 0 radical (unpaired) electrons. The summed E-state index contributed by atoms with van der Waals surface area (Å²) in [4.78, 5) is 4.49. The summed E-state index contributed by atoms with van der Waals surface area (Å²) in [6, 6.07) is 4.17. The first-order chi connectivity index (χ1) is 8.78. The van der Waals surface area contributed by atoms with Gasteiger partial charge in [0.25, 0.3) is 0 Å². The number of rotatable bonds is 4. The van der Waals surface area contributed by atoms with E-state index in [0.29, 0.717) is 6.10 Å². The minimum atomic E-state index is 0.365. The molecule has 0 unspecified atom stereocenters. The van der Waals surface area contributed by atoms with Gasteiger partial charge in [-0.25, -0.2) is 4.98 Å². The number of ether oxygens (including phenoxy) is 1. The zero-order valence-electron chi connectivity index (χ0n) is 11.5. The lowest BCUT2D eigenvalue weighted by Crippen LogP contribution is -2.16. The van der Waals surface area contributed by atoms with Gasteiger partial charge in [0.2, 0.25) is 5.88 Å².